The molecule has 0 amide bonds. The highest BCUT2D eigenvalue weighted by molar-refractivity contribution is 5.84. The molecule has 0 fully saturated rings. The van der Waals surface area contributed by atoms with Crippen LogP contribution in [0.25, 0.3) is 17.5 Å². The van der Waals surface area contributed by atoms with E-state index in [1.54, 1.807) is 24.4 Å². The standard InChI is InChI=1S/C13H11FN2O2/c1-18-13(17)7-9-16-8-6-12(15-16)10-2-4-11(14)5-3-10/h2-9H,1H3/b9-7+. The number of hydrogen-bond acceptors (Lipinski definition) is 3. The highest BCUT2D eigenvalue weighted by Gasteiger charge is 2.01. The Morgan fingerprint density at radius 1 is 1.33 bits per heavy atom. The smallest absolute Gasteiger partial charge is 0.332 e. The number of ether oxygens (including phenoxy) is 1. The Morgan fingerprint density at radius 2 is 2.06 bits per heavy atom. The normalized spacial score (nSPS) is 10.8. The van der Waals surface area contributed by atoms with Gasteiger partial charge in [0, 0.05) is 24.0 Å². The summed E-state index contributed by atoms with van der Waals surface area (Å²) in [7, 11) is 1.31. The molecule has 0 saturated heterocycles. The zero-order chi connectivity index (χ0) is 13.0. The van der Waals surface area contributed by atoms with Crippen LogP contribution in [0, 0.1) is 5.82 Å². The van der Waals surface area contributed by atoms with Crippen molar-refractivity contribution >= 4 is 12.2 Å². The molecule has 0 N–H and O–H groups in total. The van der Waals surface area contributed by atoms with Gasteiger partial charge < -0.3 is 4.74 Å². The van der Waals surface area contributed by atoms with Crippen molar-refractivity contribution in [1.29, 1.82) is 0 Å². The van der Waals surface area contributed by atoms with E-state index >= 15 is 0 Å². The molecule has 2 aromatic rings. The zero-order valence-electron chi connectivity index (χ0n) is 9.71. The van der Waals surface area contributed by atoms with Crippen molar-refractivity contribution in [2.45, 2.75) is 0 Å². The average molecular weight is 246 g/mol. The van der Waals surface area contributed by atoms with Crippen LogP contribution in [0.5, 0.6) is 0 Å². The number of carbonyl (C=O) groups excluding carboxylic acids is 1. The summed E-state index contributed by atoms with van der Waals surface area (Å²) in [4.78, 5) is 10.9. The Labute approximate surface area is 103 Å². The Morgan fingerprint density at radius 3 is 2.72 bits per heavy atom. The second kappa shape index (κ2) is 5.27. The van der Waals surface area contributed by atoms with E-state index in [-0.39, 0.29) is 5.82 Å². The van der Waals surface area contributed by atoms with E-state index in [0.29, 0.717) is 5.69 Å². The van der Waals surface area contributed by atoms with Gasteiger partial charge in [-0.3, -0.25) is 0 Å². The topological polar surface area (TPSA) is 44.1 Å². The van der Waals surface area contributed by atoms with Crippen LogP contribution in [0.4, 0.5) is 4.39 Å². The maximum Gasteiger partial charge on any atom is 0.332 e. The summed E-state index contributed by atoms with van der Waals surface area (Å²) in [5.74, 6) is -0.738. The SMILES string of the molecule is COC(=O)/C=C/n1ccc(-c2ccc(F)cc2)n1. The Bertz CT molecular complexity index is 573. The molecule has 0 unspecified atom stereocenters. The molecule has 0 saturated carbocycles. The predicted molar refractivity (Wildman–Crippen MR) is 65.0 cm³/mol. The van der Waals surface area contributed by atoms with Gasteiger partial charge in [0.05, 0.1) is 12.8 Å². The van der Waals surface area contributed by atoms with Gasteiger partial charge in [-0.05, 0) is 30.3 Å². The summed E-state index contributed by atoms with van der Waals surface area (Å²) >= 11 is 0. The fraction of sp³-hybridized carbons (Fsp3) is 0.0769. The van der Waals surface area contributed by atoms with E-state index in [1.807, 2.05) is 0 Å². The monoisotopic (exact) mass is 246 g/mol. The molecule has 92 valence electrons. The number of methoxy groups -OCH3 is 1. The summed E-state index contributed by atoms with van der Waals surface area (Å²) in [5, 5.41) is 4.22. The fourth-order valence-corrected chi connectivity index (χ4v) is 1.40. The summed E-state index contributed by atoms with van der Waals surface area (Å²) in [6.07, 6.45) is 4.44. The third-order valence-corrected chi connectivity index (χ3v) is 2.31. The number of benzene rings is 1. The molecule has 2 rings (SSSR count). The van der Waals surface area contributed by atoms with Gasteiger partial charge in [0.1, 0.15) is 5.82 Å². The quantitative estimate of drug-likeness (QED) is 0.616. The molecule has 18 heavy (non-hydrogen) atoms. The van der Waals surface area contributed by atoms with Gasteiger partial charge in [0.2, 0.25) is 0 Å². The number of carbonyl (C=O) groups is 1. The first-order valence-corrected chi connectivity index (χ1v) is 5.26. The highest BCUT2D eigenvalue weighted by atomic mass is 19.1. The number of esters is 1. The molecule has 5 heteroatoms. The van der Waals surface area contributed by atoms with Crippen molar-refractivity contribution in [3.05, 3.63) is 48.4 Å². The van der Waals surface area contributed by atoms with Crippen molar-refractivity contribution in [2.24, 2.45) is 0 Å². The second-order valence-electron chi connectivity index (χ2n) is 3.53. The summed E-state index contributed by atoms with van der Waals surface area (Å²) in [5.41, 5.74) is 1.51. The molecule has 0 radical (unpaired) electrons. The number of rotatable bonds is 3. The largest absolute Gasteiger partial charge is 0.466 e. The van der Waals surface area contributed by atoms with E-state index in [2.05, 4.69) is 9.84 Å². The summed E-state index contributed by atoms with van der Waals surface area (Å²) < 4.78 is 18.7. The van der Waals surface area contributed by atoms with Crippen LogP contribution in [0.1, 0.15) is 0 Å². The molecule has 1 aromatic carbocycles. The molecule has 1 aromatic heterocycles. The van der Waals surface area contributed by atoms with Crippen LogP contribution < -0.4 is 0 Å². The van der Waals surface area contributed by atoms with Gasteiger partial charge in [-0.25, -0.2) is 13.9 Å². The maximum atomic E-state index is 12.8. The van der Waals surface area contributed by atoms with Gasteiger partial charge in [-0.2, -0.15) is 5.10 Å². The third kappa shape index (κ3) is 2.82. The first kappa shape index (κ1) is 12.0. The van der Waals surface area contributed by atoms with Crippen molar-refractivity contribution in [3.63, 3.8) is 0 Å². The van der Waals surface area contributed by atoms with Crippen LogP contribution in [-0.4, -0.2) is 22.9 Å². The second-order valence-corrected chi connectivity index (χ2v) is 3.53. The minimum Gasteiger partial charge on any atom is -0.466 e. The van der Waals surface area contributed by atoms with Crippen LogP contribution in [0.15, 0.2) is 42.6 Å². The van der Waals surface area contributed by atoms with E-state index in [4.69, 9.17) is 0 Å². The molecule has 0 bridgehead atoms. The molecular weight excluding hydrogens is 235 g/mol. The molecular formula is C13H11FN2O2. The lowest BCUT2D eigenvalue weighted by Crippen LogP contribution is -1.96. The molecule has 1 heterocycles. The van der Waals surface area contributed by atoms with Gasteiger partial charge in [0.15, 0.2) is 0 Å². The van der Waals surface area contributed by atoms with Crippen LogP contribution in [-0.2, 0) is 9.53 Å². The third-order valence-electron chi connectivity index (χ3n) is 2.31. The van der Waals surface area contributed by atoms with Gasteiger partial charge in [-0.15, -0.1) is 0 Å². The lowest BCUT2D eigenvalue weighted by atomic mass is 10.1. The maximum absolute atomic E-state index is 12.8. The number of halogens is 1. The lowest BCUT2D eigenvalue weighted by Gasteiger charge is -1.95. The number of aromatic nitrogens is 2. The van der Waals surface area contributed by atoms with Crippen LogP contribution >= 0.6 is 0 Å². The molecule has 4 nitrogen and oxygen atoms in total. The molecule has 0 spiro atoms. The van der Waals surface area contributed by atoms with Crippen molar-refractivity contribution in [2.75, 3.05) is 7.11 Å². The van der Waals surface area contributed by atoms with Gasteiger partial charge >= 0.3 is 5.97 Å². The van der Waals surface area contributed by atoms with Crippen molar-refractivity contribution < 1.29 is 13.9 Å². The lowest BCUT2D eigenvalue weighted by molar-refractivity contribution is -0.134. The van der Waals surface area contributed by atoms with E-state index in [9.17, 15) is 9.18 Å². The van der Waals surface area contributed by atoms with Gasteiger partial charge in [-0.1, -0.05) is 0 Å². The minimum atomic E-state index is -0.450. The van der Waals surface area contributed by atoms with Gasteiger partial charge in [0.25, 0.3) is 0 Å². The molecule has 0 atom stereocenters. The van der Waals surface area contributed by atoms with Crippen LogP contribution in [0.2, 0.25) is 0 Å². The van der Waals surface area contributed by atoms with E-state index in [1.165, 1.54) is 36.2 Å². The summed E-state index contributed by atoms with van der Waals surface area (Å²) in [6.45, 7) is 0. The molecule has 0 aliphatic heterocycles. The molecule has 0 aliphatic carbocycles. The minimum absolute atomic E-state index is 0.288. The molecule has 0 aliphatic rings. The van der Waals surface area contributed by atoms with E-state index in [0.717, 1.165) is 5.56 Å². The Kier molecular flexibility index (Phi) is 3.52. The Balaban J connectivity index is 2.18. The summed E-state index contributed by atoms with van der Waals surface area (Å²) in [6, 6.07) is 7.81. The van der Waals surface area contributed by atoms with E-state index < -0.39 is 5.97 Å². The predicted octanol–water partition coefficient (Wildman–Crippen LogP) is 2.33. The highest BCUT2D eigenvalue weighted by Crippen LogP contribution is 2.17. The van der Waals surface area contributed by atoms with Crippen molar-refractivity contribution in [1.82, 2.24) is 9.78 Å². The van der Waals surface area contributed by atoms with Crippen LogP contribution in [0.3, 0.4) is 0 Å². The fourth-order valence-electron chi connectivity index (χ4n) is 1.40. The zero-order valence-corrected chi connectivity index (χ0v) is 9.71. The van der Waals surface area contributed by atoms with Crippen molar-refractivity contribution in [3.8, 4) is 11.3 Å². The number of hydrogen-bond donors (Lipinski definition) is 0. The Hall–Kier alpha value is -2.43. The first-order chi connectivity index (χ1) is 8.69. The first-order valence-electron chi connectivity index (χ1n) is 5.26. The average Bonchev–Trinajstić information content (AvgIpc) is 2.85. The number of nitrogens with zero attached hydrogens (tertiary/aromatic N) is 2.